The molecule has 9 aromatic rings. The Bertz CT molecular complexity index is 3770. The molecule has 11 aliphatic rings. The van der Waals surface area contributed by atoms with E-state index in [2.05, 4.69) is 132 Å². The highest BCUT2D eigenvalue weighted by molar-refractivity contribution is 6.27. The molecular formula is C58H37NO2. The number of hydrogen-bond acceptors (Lipinski definition) is 2. The van der Waals surface area contributed by atoms with Crippen LogP contribution in [0.4, 0.5) is 0 Å². The van der Waals surface area contributed by atoms with Crippen LogP contribution in [0.3, 0.4) is 0 Å². The van der Waals surface area contributed by atoms with Crippen LogP contribution in [0.1, 0.15) is 76.8 Å². The van der Waals surface area contributed by atoms with Gasteiger partial charge in [-0.2, -0.15) is 0 Å². The average Bonchev–Trinajstić information content (AvgIpc) is 3.72. The smallest absolute Gasteiger partial charge is 0.170 e. The van der Waals surface area contributed by atoms with E-state index >= 15 is 0 Å². The van der Waals surface area contributed by atoms with Crippen molar-refractivity contribution in [2.45, 2.75) is 55.8 Å². The number of ketones is 2. The van der Waals surface area contributed by atoms with E-state index in [0.717, 1.165) is 41.4 Å². The number of carbonyl (C=O) groups excluding carboxylic acids is 2. The van der Waals surface area contributed by atoms with Crippen LogP contribution in [0.15, 0.2) is 127 Å². The van der Waals surface area contributed by atoms with Gasteiger partial charge in [0.05, 0.1) is 16.6 Å². The molecular weight excluding hydrogens is 743 g/mol. The van der Waals surface area contributed by atoms with Crippen LogP contribution in [-0.4, -0.2) is 16.0 Å². The lowest BCUT2D eigenvalue weighted by Gasteiger charge is -2.41. The first-order valence-corrected chi connectivity index (χ1v) is 22.8. The third-order valence-electron chi connectivity index (χ3n) is 19.8. The zero-order chi connectivity index (χ0) is 39.3. The van der Waals surface area contributed by atoms with Crippen molar-refractivity contribution in [2.24, 2.45) is 28.1 Å². The number of carbonyl (C=O) groups is 2. The van der Waals surface area contributed by atoms with Crippen molar-refractivity contribution in [3.63, 3.8) is 0 Å². The summed E-state index contributed by atoms with van der Waals surface area (Å²) in [6.07, 6.45) is 8.23. The second-order valence-electron chi connectivity index (χ2n) is 21.2. The topological polar surface area (TPSA) is 38.5 Å². The van der Waals surface area contributed by atoms with Crippen LogP contribution >= 0.6 is 0 Å². The van der Waals surface area contributed by atoms with E-state index in [4.69, 9.17) is 0 Å². The van der Waals surface area contributed by atoms with Gasteiger partial charge in [0.2, 0.25) is 0 Å². The maximum atomic E-state index is 14.6. The summed E-state index contributed by atoms with van der Waals surface area (Å²) in [7, 11) is 0. The summed E-state index contributed by atoms with van der Waals surface area (Å²) in [5, 5.41) is 5.00. The van der Waals surface area contributed by atoms with Crippen LogP contribution in [0.25, 0.3) is 93.7 Å². The van der Waals surface area contributed by atoms with E-state index < -0.39 is 0 Å². The monoisotopic (exact) mass is 779 g/mol. The molecule has 0 N–H and O–H groups in total. The molecule has 0 amide bonds. The first-order chi connectivity index (χ1) is 29.9. The molecule has 11 aliphatic carbocycles. The van der Waals surface area contributed by atoms with Crippen LogP contribution in [0.5, 0.6) is 0 Å². The lowest BCUT2D eigenvalue weighted by Crippen LogP contribution is -2.44. The van der Waals surface area contributed by atoms with Crippen molar-refractivity contribution in [2.75, 3.05) is 0 Å². The van der Waals surface area contributed by atoms with Gasteiger partial charge in [-0.1, -0.05) is 91.0 Å². The lowest BCUT2D eigenvalue weighted by atomic mass is 9.60. The molecule has 8 saturated carbocycles. The predicted octanol–water partition coefficient (Wildman–Crippen LogP) is 13.4. The van der Waals surface area contributed by atoms with Crippen molar-refractivity contribution in [1.29, 1.82) is 0 Å². The van der Waals surface area contributed by atoms with E-state index in [1.54, 1.807) is 0 Å². The first kappa shape index (κ1) is 30.7. The van der Waals surface area contributed by atoms with Gasteiger partial charge >= 0.3 is 0 Å². The summed E-state index contributed by atoms with van der Waals surface area (Å²) in [6, 6.07) is 48.3. The van der Waals surface area contributed by atoms with Crippen LogP contribution in [0.2, 0.25) is 0 Å². The van der Waals surface area contributed by atoms with Crippen molar-refractivity contribution >= 4 is 49.7 Å². The SMILES string of the molecule is O=C1c2cc3c(cc2C24CCC5(CC52)C14)c1cc(-c2cccc4c2-c2ccccc2-c2ccccc2-c2ccccc2-4)cc2c4cc5c(cc4n3c12)C(=O)C12CC13CCC52C3. The molecule has 0 aliphatic heterocycles. The second kappa shape index (κ2) is 8.86. The first-order valence-electron chi connectivity index (χ1n) is 22.8. The van der Waals surface area contributed by atoms with Gasteiger partial charge < -0.3 is 4.40 Å². The molecule has 2 aromatic heterocycles. The maximum Gasteiger partial charge on any atom is 0.170 e. The van der Waals surface area contributed by atoms with Gasteiger partial charge in [0.25, 0.3) is 0 Å². The van der Waals surface area contributed by atoms with Gasteiger partial charge in [-0.05, 0) is 165 Å². The minimum Gasteiger partial charge on any atom is -0.308 e. The molecule has 5 spiro atoms. The molecule has 7 atom stereocenters. The molecule has 2 heterocycles. The Morgan fingerprint density at radius 3 is 1.77 bits per heavy atom. The zero-order valence-corrected chi connectivity index (χ0v) is 33.5. The molecule has 8 fully saturated rings. The Morgan fingerprint density at radius 1 is 0.508 bits per heavy atom. The van der Waals surface area contributed by atoms with Crippen molar-refractivity contribution in [3.8, 4) is 55.6 Å². The Morgan fingerprint density at radius 2 is 1.11 bits per heavy atom. The van der Waals surface area contributed by atoms with Gasteiger partial charge in [-0.15, -0.1) is 0 Å². The minimum absolute atomic E-state index is 0.0263. The minimum atomic E-state index is -0.135. The predicted molar refractivity (Wildman–Crippen MR) is 240 cm³/mol. The maximum absolute atomic E-state index is 14.6. The fourth-order valence-electron chi connectivity index (χ4n) is 17.7. The van der Waals surface area contributed by atoms with Gasteiger partial charge in [0.1, 0.15) is 0 Å². The summed E-state index contributed by atoms with van der Waals surface area (Å²) in [5.41, 5.74) is 21.0. The molecule has 4 bridgehead atoms. The number of benzene rings is 7. The van der Waals surface area contributed by atoms with Crippen LogP contribution in [0, 0.1) is 28.1 Å². The molecule has 286 valence electrons. The third-order valence-corrected chi connectivity index (χ3v) is 19.8. The third kappa shape index (κ3) is 2.77. The molecule has 7 unspecified atom stereocenters. The second-order valence-corrected chi connectivity index (χ2v) is 21.2. The van der Waals surface area contributed by atoms with Gasteiger partial charge in [-0.3, -0.25) is 9.59 Å². The van der Waals surface area contributed by atoms with Crippen molar-refractivity contribution in [1.82, 2.24) is 4.40 Å². The van der Waals surface area contributed by atoms with Gasteiger partial charge in [0.15, 0.2) is 11.6 Å². The molecule has 0 radical (unpaired) electrons. The fraction of sp³-hybridized carbons (Fsp3) is 0.241. The van der Waals surface area contributed by atoms with E-state index in [-0.39, 0.29) is 33.0 Å². The number of rotatable bonds is 1. The highest BCUT2D eigenvalue weighted by atomic mass is 16.1. The van der Waals surface area contributed by atoms with Gasteiger partial charge in [0, 0.05) is 54.8 Å². The van der Waals surface area contributed by atoms with Crippen LogP contribution in [-0.2, 0) is 10.8 Å². The summed E-state index contributed by atoms with van der Waals surface area (Å²) >= 11 is 0. The van der Waals surface area contributed by atoms with Crippen molar-refractivity contribution in [3.05, 3.63) is 150 Å². The van der Waals surface area contributed by atoms with E-state index in [1.165, 1.54) is 120 Å². The number of Topliss-reactive ketones (excluding diaryl/α,β-unsaturated/α-hetero) is 2. The highest BCUT2D eigenvalue weighted by Gasteiger charge is 2.94. The van der Waals surface area contributed by atoms with E-state index in [1.807, 2.05) is 0 Å². The lowest BCUT2D eigenvalue weighted by molar-refractivity contribution is 0.0650. The quantitative estimate of drug-likeness (QED) is 0.166. The molecule has 3 heteroatoms. The van der Waals surface area contributed by atoms with Gasteiger partial charge in [-0.25, -0.2) is 0 Å². The molecule has 7 aromatic carbocycles. The van der Waals surface area contributed by atoms with E-state index in [9.17, 15) is 9.59 Å². The number of fused-ring (bicyclic) bond motifs is 18. The van der Waals surface area contributed by atoms with Crippen molar-refractivity contribution < 1.29 is 9.59 Å². The Balaban J connectivity index is 0.976. The Kier molecular flexibility index (Phi) is 4.45. The fourth-order valence-corrected chi connectivity index (χ4v) is 17.7. The number of aromatic nitrogens is 1. The Hall–Kier alpha value is -6.32. The molecule has 0 saturated heterocycles. The normalized spacial score (nSPS) is 32.5. The molecule has 61 heavy (non-hydrogen) atoms. The Labute approximate surface area is 351 Å². The largest absolute Gasteiger partial charge is 0.308 e. The zero-order valence-electron chi connectivity index (χ0n) is 33.5. The van der Waals surface area contributed by atoms with Crippen LogP contribution < -0.4 is 0 Å². The summed E-state index contributed by atoms with van der Waals surface area (Å²) in [4.78, 5) is 29.1. The molecule has 3 nitrogen and oxygen atoms in total. The summed E-state index contributed by atoms with van der Waals surface area (Å²) < 4.78 is 2.46. The highest BCUT2D eigenvalue weighted by Crippen LogP contribution is 2.96. The standard InChI is InChI=1S/C58H37NO2/c60-51-42-24-46-39(23-45(42)57-19-17-55(52(51)57)26-48(55)57)41-21-29(20-40-38-22-44-43(25-47(38)59(46)50(40)41)53(61)58-28-54(58)16-18-56(44,58)27-54)30-14-7-15-37-35-11-4-3-10-33(35)31-8-1-2-9-32(31)34-12-5-6-13-36(34)49(30)37/h1-15,20-25,48,52H,16-19,26-28H2. The number of nitrogens with zero attached hydrogens (tertiary/aromatic N) is 1. The van der Waals surface area contributed by atoms with E-state index in [0.29, 0.717) is 17.5 Å². The average molecular weight is 780 g/mol. The number of hydrogen-bond donors (Lipinski definition) is 0. The molecule has 20 rings (SSSR count). The summed E-state index contributed by atoms with van der Waals surface area (Å²) in [5.74, 6) is 1.69. The summed E-state index contributed by atoms with van der Waals surface area (Å²) in [6.45, 7) is 0.